The fourth-order valence-electron chi connectivity index (χ4n) is 0.626. The Bertz CT molecular complexity index is 181. The van der Waals surface area contributed by atoms with Crippen LogP contribution in [0.25, 0.3) is 0 Å². The van der Waals surface area contributed by atoms with Gasteiger partial charge in [0, 0.05) is 10.2 Å². The minimum atomic E-state index is 0.922. The van der Waals surface area contributed by atoms with Gasteiger partial charge in [-0.3, -0.25) is 0 Å². The molecule has 47 valence electrons. The van der Waals surface area contributed by atoms with Crippen molar-refractivity contribution in [2.45, 2.75) is 0 Å². The highest BCUT2D eigenvalue weighted by Crippen LogP contribution is 2.04. The molecular formula is C7H9OSi. The number of benzene rings is 1. The number of rotatable bonds is 1. The number of ether oxygens (including phenoxy) is 1. The summed E-state index contributed by atoms with van der Waals surface area (Å²) in [6, 6.07) is 8.00. The van der Waals surface area contributed by atoms with Gasteiger partial charge < -0.3 is 4.74 Å². The molecule has 0 spiro atoms. The lowest BCUT2D eigenvalue weighted by molar-refractivity contribution is 0.415. The minimum absolute atomic E-state index is 0.922. The smallest absolute Gasteiger partial charge is 0.118 e. The third-order valence-electron chi connectivity index (χ3n) is 1.16. The van der Waals surface area contributed by atoms with Crippen LogP contribution in [0.1, 0.15) is 0 Å². The molecule has 0 amide bonds. The number of hydrogen-bond donors (Lipinski definition) is 0. The molecule has 2 heteroatoms. The van der Waals surface area contributed by atoms with Crippen LogP contribution in [0.4, 0.5) is 0 Å². The average Bonchev–Trinajstić information content (AvgIpc) is 1.90. The molecule has 0 fully saturated rings. The molecule has 1 radical (unpaired) electrons. The lowest BCUT2D eigenvalue weighted by Crippen LogP contribution is -1.99. The Balaban J connectivity index is 2.88. The van der Waals surface area contributed by atoms with E-state index in [1.54, 1.807) is 7.11 Å². The second-order valence-corrected chi connectivity index (χ2v) is 2.66. The van der Waals surface area contributed by atoms with Crippen molar-refractivity contribution in [1.29, 1.82) is 0 Å². The number of methoxy groups -OCH3 is 1. The van der Waals surface area contributed by atoms with Gasteiger partial charge in [-0.2, -0.15) is 0 Å². The van der Waals surface area contributed by atoms with Gasteiger partial charge in [0.25, 0.3) is 0 Å². The van der Waals surface area contributed by atoms with Crippen molar-refractivity contribution in [1.82, 2.24) is 0 Å². The fourth-order valence-corrected chi connectivity index (χ4v) is 0.861. The van der Waals surface area contributed by atoms with Crippen LogP contribution in [0.3, 0.4) is 0 Å². The van der Waals surface area contributed by atoms with E-state index in [1.807, 2.05) is 34.5 Å². The molecule has 0 aliphatic heterocycles. The summed E-state index contributed by atoms with van der Waals surface area (Å²) in [5, 5.41) is 1.29. The van der Waals surface area contributed by atoms with Crippen LogP contribution in [0.2, 0.25) is 0 Å². The maximum absolute atomic E-state index is 4.97. The van der Waals surface area contributed by atoms with E-state index >= 15 is 0 Å². The fraction of sp³-hybridized carbons (Fsp3) is 0.143. The maximum Gasteiger partial charge on any atom is 0.118 e. The zero-order valence-corrected chi connectivity index (χ0v) is 6.84. The summed E-state index contributed by atoms with van der Waals surface area (Å²) in [4.78, 5) is 0. The van der Waals surface area contributed by atoms with E-state index in [0.717, 1.165) is 5.75 Å². The van der Waals surface area contributed by atoms with E-state index in [1.165, 1.54) is 5.19 Å². The minimum Gasteiger partial charge on any atom is -0.497 e. The van der Waals surface area contributed by atoms with Crippen molar-refractivity contribution in [3.63, 3.8) is 0 Å². The van der Waals surface area contributed by atoms with Crippen molar-refractivity contribution in [3.05, 3.63) is 24.3 Å². The Morgan fingerprint density at radius 3 is 2.22 bits per heavy atom. The van der Waals surface area contributed by atoms with Crippen molar-refractivity contribution >= 4 is 15.4 Å². The third kappa shape index (κ3) is 1.57. The molecule has 0 aliphatic rings. The van der Waals surface area contributed by atoms with Gasteiger partial charge >= 0.3 is 0 Å². The lowest BCUT2D eigenvalue weighted by atomic mass is 10.3. The summed E-state index contributed by atoms with van der Waals surface area (Å²) in [6.07, 6.45) is 0. The number of hydrogen-bond acceptors (Lipinski definition) is 1. The topological polar surface area (TPSA) is 9.23 Å². The first-order chi connectivity index (χ1) is 4.33. The largest absolute Gasteiger partial charge is 0.497 e. The Labute approximate surface area is 58.1 Å². The standard InChI is InChI=1S/C7H9OSi/c1-8-6-2-4-7(9)5-3-6/h2-5H,9H2,1H3. The Morgan fingerprint density at radius 1 is 1.22 bits per heavy atom. The predicted molar refractivity (Wildman–Crippen MR) is 41.2 cm³/mol. The molecule has 1 rings (SSSR count). The highest BCUT2D eigenvalue weighted by atomic mass is 28.1. The first-order valence-electron chi connectivity index (χ1n) is 2.79. The van der Waals surface area contributed by atoms with E-state index in [-0.39, 0.29) is 0 Å². The Morgan fingerprint density at radius 2 is 1.78 bits per heavy atom. The van der Waals surface area contributed by atoms with Gasteiger partial charge in [-0.1, -0.05) is 17.3 Å². The maximum atomic E-state index is 4.97. The van der Waals surface area contributed by atoms with Crippen molar-refractivity contribution < 1.29 is 4.74 Å². The molecule has 1 aromatic rings. The van der Waals surface area contributed by atoms with Gasteiger partial charge in [0.15, 0.2) is 0 Å². The molecule has 0 saturated heterocycles. The van der Waals surface area contributed by atoms with Crippen LogP contribution in [-0.2, 0) is 0 Å². The monoisotopic (exact) mass is 137 g/mol. The Kier molecular flexibility index (Phi) is 1.90. The van der Waals surface area contributed by atoms with Crippen LogP contribution in [-0.4, -0.2) is 17.4 Å². The normalized spacial score (nSPS) is 9.11. The van der Waals surface area contributed by atoms with Gasteiger partial charge in [-0.15, -0.1) is 0 Å². The first-order valence-corrected chi connectivity index (χ1v) is 3.49. The zero-order valence-electron chi connectivity index (χ0n) is 5.42. The van der Waals surface area contributed by atoms with Gasteiger partial charge in [0.2, 0.25) is 0 Å². The summed E-state index contributed by atoms with van der Waals surface area (Å²) >= 11 is 0. The van der Waals surface area contributed by atoms with Crippen LogP contribution in [0, 0.1) is 0 Å². The second-order valence-electron chi connectivity index (χ2n) is 1.85. The lowest BCUT2D eigenvalue weighted by Gasteiger charge is -1.97. The predicted octanol–water partition coefficient (Wildman–Crippen LogP) is -0.0464. The first kappa shape index (κ1) is 6.36. The van der Waals surface area contributed by atoms with Crippen molar-refractivity contribution in [2.75, 3.05) is 7.11 Å². The van der Waals surface area contributed by atoms with Gasteiger partial charge in [0.1, 0.15) is 5.75 Å². The van der Waals surface area contributed by atoms with Crippen LogP contribution < -0.4 is 9.92 Å². The highest BCUT2D eigenvalue weighted by molar-refractivity contribution is 6.32. The van der Waals surface area contributed by atoms with Crippen LogP contribution in [0.15, 0.2) is 24.3 Å². The molecule has 0 heterocycles. The molecule has 0 unspecified atom stereocenters. The second kappa shape index (κ2) is 2.69. The molecule has 0 aliphatic carbocycles. The van der Waals surface area contributed by atoms with E-state index in [0.29, 0.717) is 0 Å². The SMILES string of the molecule is COc1ccc([SiH2])cc1. The molecule has 0 atom stereocenters. The average molecular weight is 137 g/mol. The van der Waals surface area contributed by atoms with E-state index in [4.69, 9.17) is 4.74 Å². The summed E-state index contributed by atoms with van der Waals surface area (Å²) < 4.78 is 4.97. The van der Waals surface area contributed by atoms with E-state index in [2.05, 4.69) is 0 Å². The quantitative estimate of drug-likeness (QED) is 0.493. The van der Waals surface area contributed by atoms with E-state index in [9.17, 15) is 0 Å². The molecule has 0 saturated carbocycles. The van der Waals surface area contributed by atoms with Crippen molar-refractivity contribution in [3.8, 4) is 5.75 Å². The Hall–Kier alpha value is -0.763. The molecule has 0 aromatic heterocycles. The van der Waals surface area contributed by atoms with Gasteiger partial charge in [0.05, 0.1) is 7.11 Å². The molecule has 1 aromatic carbocycles. The van der Waals surface area contributed by atoms with Crippen LogP contribution in [0.5, 0.6) is 5.75 Å². The summed E-state index contributed by atoms with van der Waals surface area (Å²) in [5.74, 6) is 0.922. The van der Waals surface area contributed by atoms with Crippen molar-refractivity contribution in [2.24, 2.45) is 0 Å². The highest BCUT2D eigenvalue weighted by Gasteiger charge is 1.85. The van der Waals surface area contributed by atoms with Gasteiger partial charge in [-0.25, -0.2) is 0 Å². The van der Waals surface area contributed by atoms with Gasteiger partial charge in [-0.05, 0) is 12.1 Å². The molecule has 9 heavy (non-hydrogen) atoms. The summed E-state index contributed by atoms with van der Waals surface area (Å²) in [6.45, 7) is 0. The zero-order chi connectivity index (χ0) is 6.69. The third-order valence-corrected chi connectivity index (χ3v) is 1.63. The molecular weight excluding hydrogens is 128 g/mol. The summed E-state index contributed by atoms with van der Waals surface area (Å²) in [7, 11) is 3.54. The summed E-state index contributed by atoms with van der Waals surface area (Å²) in [5.41, 5.74) is 0. The van der Waals surface area contributed by atoms with Crippen LogP contribution >= 0.6 is 0 Å². The molecule has 0 N–H and O–H groups in total. The molecule has 0 bridgehead atoms. The molecule has 1 nitrogen and oxygen atoms in total. The van der Waals surface area contributed by atoms with E-state index < -0.39 is 0 Å².